The second kappa shape index (κ2) is 12.4. The zero-order chi connectivity index (χ0) is 28.3. The molecule has 0 bridgehead atoms. The Labute approximate surface area is 257 Å². The molecule has 0 aromatic carbocycles. The van der Waals surface area contributed by atoms with Crippen LogP contribution in [0.1, 0.15) is 98.8 Å². The van der Waals surface area contributed by atoms with Crippen LogP contribution in [0.2, 0.25) is 0 Å². The van der Waals surface area contributed by atoms with Crippen molar-refractivity contribution in [2.45, 2.75) is 123 Å². The normalized spacial score (nSPS) is 45.6. The first-order chi connectivity index (χ1) is 17.5. The summed E-state index contributed by atoms with van der Waals surface area (Å²) in [6.45, 7) is 10.8. The van der Waals surface area contributed by atoms with Crippen molar-refractivity contribution in [1.82, 2.24) is 0 Å². The second-order valence-electron chi connectivity index (χ2n) is 14.3. The average Bonchev–Trinajstić information content (AvgIpc) is 3.08. The predicted octanol–water partition coefficient (Wildman–Crippen LogP) is 0.622. The molecule has 12 atom stereocenters. The van der Waals surface area contributed by atoms with Gasteiger partial charge < -0.3 is 25.0 Å². The van der Waals surface area contributed by atoms with Crippen molar-refractivity contribution >= 4 is 10.4 Å². The van der Waals surface area contributed by atoms with Gasteiger partial charge in [-0.05, 0) is 98.2 Å². The summed E-state index contributed by atoms with van der Waals surface area (Å²) in [5, 5.41) is 44.7. The van der Waals surface area contributed by atoms with Gasteiger partial charge in [0.1, 0.15) is 0 Å². The quantitative estimate of drug-likeness (QED) is 0.176. The van der Waals surface area contributed by atoms with Gasteiger partial charge in [0.2, 0.25) is 10.4 Å². The second-order valence-corrected chi connectivity index (χ2v) is 15.4. The van der Waals surface area contributed by atoms with Crippen LogP contribution in [0, 0.1) is 52.3 Å². The van der Waals surface area contributed by atoms with Gasteiger partial charge in [-0.25, -0.2) is 8.42 Å². The van der Waals surface area contributed by atoms with E-state index in [0.29, 0.717) is 43.4 Å². The number of aliphatic hydroxyl groups excluding tert-OH is 3. The molecule has 4 aliphatic carbocycles. The van der Waals surface area contributed by atoms with Crippen LogP contribution in [0.15, 0.2) is 0 Å². The van der Waals surface area contributed by atoms with E-state index in [4.69, 9.17) is 0 Å². The van der Waals surface area contributed by atoms with Gasteiger partial charge in [0, 0.05) is 11.8 Å². The molecular weight excluding hydrogens is 531 g/mol. The van der Waals surface area contributed by atoms with Crippen LogP contribution >= 0.6 is 0 Å². The number of aliphatic hydroxyl groups is 4. The molecule has 0 aromatic heterocycles. The van der Waals surface area contributed by atoms with E-state index in [1.807, 2.05) is 0 Å². The summed E-state index contributed by atoms with van der Waals surface area (Å²) in [5.41, 5.74) is -1.80. The van der Waals surface area contributed by atoms with Crippen molar-refractivity contribution < 1.29 is 67.1 Å². The van der Waals surface area contributed by atoms with Crippen LogP contribution < -0.4 is 29.6 Å². The molecule has 39 heavy (non-hydrogen) atoms. The third-order valence-electron chi connectivity index (χ3n) is 12.2. The van der Waals surface area contributed by atoms with Crippen molar-refractivity contribution in [3.8, 4) is 0 Å². The minimum atomic E-state index is -4.67. The van der Waals surface area contributed by atoms with Crippen molar-refractivity contribution in [3.63, 3.8) is 0 Å². The molecular formula is C29H51NaO8S. The predicted molar refractivity (Wildman–Crippen MR) is 142 cm³/mol. The largest absolute Gasteiger partial charge is 1.00 e. The average molecular weight is 583 g/mol. The topological polar surface area (TPSA) is 147 Å². The molecule has 4 rings (SSSR count). The monoisotopic (exact) mass is 582 g/mol. The van der Waals surface area contributed by atoms with Crippen LogP contribution in [0.3, 0.4) is 0 Å². The first-order valence-electron chi connectivity index (χ1n) is 14.9. The minimum Gasteiger partial charge on any atom is -0.726 e. The van der Waals surface area contributed by atoms with Crippen molar-refractivity contribution in [2.75, 3.05) is 6.61 Å². The van der Waals surface area contributed by atoms with Crippen molar-refractivity contribution in [2.24, 2.45) is 52.3 Å². The van der Waals surface area contributed by atoms with Crippen LogP contribution in [-0.2, 0) is 14.6 Å². The standard InChI is InChI=1S/C29H52O8S.Na/c1-17(2)19(10-13-37-38(34,35)36)7-6-18(3)23-15-24(31)26-21-14-25(32)29(33)16-20(30)8-12-28(29,5)22(21)9-11-27(23,26)4;/h17-26,30-33H,6-16H2,1-5H3,(H,34,35,36);/q;+1/p-1/t18-,19-,20+,21-,22+,23-,24+,25-,26-,27-,28-,29+;/m1./s1. The molecule has 8 nitrogen and oxygen atoms in total. The third-order valence-corrected chi connectivity index (χ3v) is 12.7. The van der Waals surface area contributed by atoms with E-state index in [-0.39, 0.29) is 71.7 Å². The first-order valence-corrected chi connectivity index (χ1v) is 16.2. The van der Waals surface area contributed by atoms with Gasteiger partial charge in [-0.2, -0.15) is 0 Å². The summed E-state index contributed by atoms with van der Waals surface area (Å²) in [5.74, 6) is 1.73. The first kappa shape index (κ1) is 34.2. The fraction of sp³-hybridized carbons (Fsp3) is 1.00. The molecule has 0 saturated heterocycles. The maximum Gasteiger partial charge on any atom is 1.00 e. The van der Waals surface area contributed by atoms with Gasteiger partial charge in [-0.1, -0.05) is 41.0 Å². The van der Waals surface area contributed by atoms with Gasteiger partial charge in [-0.15, -0.1) is 0 Å². The number of hydrogen-bond donors (Lipinski definition) is 4. The Morgan fingerprint density at radius 1 is 1.00 bits per heavy atom. The summed E-state index contributed by atoms with van der Waals surface area (Å²) in [4.78, 5) is 0. The van der Waals surface area contributed by atoms with E-state index in [0.717, 1.165) is 32.1 Å². The van der Waals surface area contributed by atoms with Gasteiger partial charge in [0.05, 0.1) is 30.5 Å². The summed E-state index contributed by atoms with van der Waals surface area (Å²) in [7, 11) is -4.67. The molecule has 0 aliphatic heterocycles. The molecule has 0 amide bonds. The van der Waals surface area contributed by atoms with E-state index in [1.165, 1.54) is 0 Å². The van der Waals surface area contributed by atoms with Crippen LogP contribution in [0.25, 0.3) is 0 Å². The number of fused-ring (bicyclic) bond motifs is 5. The minimum absolute atomic E-state index is 0. The smallest absolute Gasteiger partial charge is 0.726 e. The van der Waals surface area contributed by atoms with Gasteiger partial charge in [-0.3, -0.25) is 4.18 Å². The Kier molecular flexibility index (Phi) is 10.8. The van der Waals surface area contributed by atoms with E-state index >= 15 is 0 Å². The Bertz CT molecular complexity index is 948. The van der Waals surface area contributed by atoms with Crippen LogP contribution in [-0.4, -0.2) is 63.9 Å². The molecule has 4 aliphatic rings. The van der Waals surface area contributed by atoms with Crippen molar-refractivity contribution in [3.05, 3.63) is 0 Å². The van der Waals surface area contributed by atoms with Gasteiger partial charge >= 0.3 is 29.6 Å². The fourth-order valence-corrected chi connectivity index (χ4v) is 10.3. The van der Waals surface area contributed by atoms with E-state index < -0.39 is 39.7 Å². The summed E-state index contributed by atoms with van der Waals surface area (Å²) < 4.78 is 37.0. The number of rotatable bonds is 9. The molecule has 0 radical (unpaired) electrons. The van der Waals surface area contributed by atoms with E-state index in [2.05, 4.69) is 38.8 Å². The van der Waals surface area contributed by atoms with E-state index in [9.17, 15) is 33.4 Å². The maximum atomic E-state index is 11.7. The molecule has 4 fully saturated rings. The molecule has 222 valence electrons. The van der Waals surface area contributed by atoms with Gasteiger partial charge in [0.25, 0.3) is 0 Å². The van der Waals surface area contributed by atoms with E-state index in [1.54, 1.807) is 0 Å². The van der Waals surface area contributed by atoms with Crippen LogP contribution in [0.5, 0.6) is 0 Å². The third kappa shape index (κ3) is 6.34. The number of hydrogen-bond acceptors (Lipinski definition) is 8. The summed E-state index contributed by atoms with van der Waals surface area (Å²) in [6.07, 6.45) is 5.19. The Balaban J connectivity index is 0.00000420. The zero-order valence-electron chi connectivity index (χ0n) is 24.9. The van der Waals surface area contributed by atoms with Gasteiger partial charge in [0.15, 0.2) is 0 Å². The molecule has 4 saturated carbocycles. The van der Waals surface area contributed by atoms with Crippen molar-refractivity contribution in [1.29, 1.82) is 0 Å². The summed E-state index contributed by atoms with van der Waals surface area (Å²) in [6, 6.07) is 0. The summed E-state index contributed by atoms with van der Waals surface area (Å²) >= 11 is 0. The Morgan fingerprint density at radius 3 is 2.28 bits per heavy atom. The molecule has 0 unspecified atom stereocenters. The molecule has 0 aromatic rings. The van der Waals surface area contributed by atoms with Crippen LogP contribution in [0.4, 0.5) is 0 Å². The Morgan fingerprint density at radius 2 is 1.67 bits per heavy atom. The SMILES string of the molecule is CC(C)[C@@H](CCOS(=O)(=O)[O-])CC[C@@H](C)[C@H]1C[C@H](O)[C@H]2[C@@H]3C[C@@H](O)[C@@]4(O)C[C@@H](O)CC[C@]4(C)[C@H]3CC[C@@]21C.[Na+]. The maximum absolute atomic E-state index is 11.7. The molecule has 0 spiro atoms. The zero-order valence-corrected chi connectivity index (χ0v) is 27.7. The Hall–Kier alpha value is 0.710. The fourth-order valence-electron chi connectivity index (χ4n) is 10.0. The molecule has 0 heterocycles. The molecule has 10 heteroatoms. The molecule has 4 N–H and O–H groups in total.